The molecule has 43 heavy (non-hydrogen) atoms. The molecular weight excluding hydrogens is 520 g/mol. The minimum atomic E-state index is 1.13. The molecule has 0 saturated carbocycles. The molecule has 8 aromatic rings. The molecule has 0 fully saturated rings. The number of fused-ring (bicyclic) bond motifs is 7. The summed E-state index contributed by atoms with van der Waals surface area (Å²) in [6, 6.07) is 47.9. The second-order valence-corrected chi connectivity index (χ2v) is 10.9. The van der Waals surface area contributed by atoms with Crippen LogP contribution in [0.4, 0.5) is 0 Å². The molecule has 0 N–H and O–H groups in total. The maximum Gasteiger partial charge on any atom is 0.0810 e. The second-order valence-electron chi connectivity index (χ2n) is 10.9. The van der Waals surface area contributed by atoms with Crippen LogP contribution in [-0.4, -0.2) is 9.13 Å². The number of nitrogens with zero attached hydrogens (tertiary/aromatic N) is 2. The molecule has 0 aliphatic carbocycles. The van der Waals surface area contributed by atoms with Crippen LogP contribution in [0.1, 0.15) is 18.1 Å². The Bertz CT molecular complexity index is 2330. The maximum absolute atomic E-state index is 4.29. The van der Waals surface area contributed by atoms with Gasteiger partial charge in [-0.1, -0.05) is 122 Å². The number of benzene rings is 6. The van der Waals surface area contributed by atoms with Crippen molar-refractivity contribution >= 4 is 55.8 Å². The van der Waals surface area contributed by atoms with E-state index in [-0.39, 0.29) is 0 Å². The monoisotopic (exact) mass is 550 g/mol. The van der Waals surface area contributed by atoms with Crippen molar-refractivity contribution < 1.29 is 0 Å². The molecule has 2 aromatic heterocycles. The quantitative estimate of drug-likeness (QED) is 0.202. The molecule has 0 bridgehead atoms. The lowest BCUT2D eigenvalue weighted by molar-refractivity contribution is 1.17. The van der Waals surface area contributed by atoms with Crippen molar-refractivity contribution in [2.24, 2.45) is 0 Å². The Morgan fingerprint density at radius 3 is 1.77 bits per heavy atom. The van der Waals surface area contributed by atoms with Gasteiger partial charge in [0.05, 0.1) is 22.1 Å². The van der Waals surface area contributed by atoms with Gasteiger partial charge in [-0.05, 0) is 70.8 Å². The summed E-state index contributed by atoms with van der Waals surface area (Å²) in [7, 11) is 0. The van der Waals surface area contributed by atoms with Gasteiger partial charge in [-0.15, -0.1) is 0 Å². The van der Waals surface area contributed by atoms with Crippen molar-refractivity contribution in [3.8, 4) is 22.5 Å². The van der Waals surface area contributed by atoms with Crippen LogP contribution in [0.5, 0.6) is 0 Å². The molecular formula is C41H30N2. The summed E-state index contributed by atoms with van der Waals surface area (Å²) in [4.78, 5) is 0. The molecule has 0 saturated heterocycles. The zero-order chi connectivity index (χ0) is 28.9. The first-order chi connectivity index (χ1) is 21.3. The molecule has 2 heterocycles. The van der Waals surface area contributed by atoms with Crippen molar-refractivity contribution in [1.29, 1.82) is 0 Å². The SMILES string of the molecule is C=Cc1c(/C=C\C)c2c(c3ccccc13)c1c(c3cc(-c4ccccc4)ccc3n1-c1ccccc1)n2-c1ccccc1. The molecule has 0 spiro atoms. The van der Waals surface area contributed by atoms with Crippen LogP contribution in [0, 0.1) is 0 Å². The lowest BCUT2D eigenvalue weighted by atomic mass is 9.94. The highest BCUT2D eigenvalue weighted by Crippen LogP contribution is 2.47. The minimum absolute atomic E-state index is 1.13. The summed E-state index contributed by atoms with van der Waals surface area (Å²) in [5.74, 6) is 0. The summed E-state index contributed by atoms with van der Waals surface area (Å²) < 4.78 is 4.94. The van der Waals surface area contributed by atoms with Gasteiger partial charge < -0.3 is 9.13 Å². The van der Waals surface area contributed by atoms with E-state index in [1.54, 1.807) is 0 Å². The largest absolute Gasteiger partial charge is 0.307 e. The van der Waals surface area contributed by atoms with Crippen molar-refractivity contribution in [3.05, 3.63) is 157 Å². The second kappa shape index (κ2) is 10.0. The molecule has 0 amide bonds. The molecule has 0 radical (unpaired) electrons. The van der Waals surface area contributed by atoms with Crippen molar-refractivity contribution in [1.82, 2.24) is 9.13 Å². The predicted octanol–water partition coefficient (Wildman–Crippen LogP) is 11.2. The first kappa shape index (κ1) is 25.1. The number of allylic oxidation sites excluding steroid dienone is 1. The highest BCUT2D eigenvalue weighted by atomic mass is 15.1. The summed E-state index contributed by atoms with van der Waals surface area (Å²) in [5, 5.41) is 4.90. The van der Waals surface area contributed by atoms with E-state index in [1.807, 2.05) is 6.08 Å². The molecule has 0 atom stereocenters. The topological polar surface area (TPSA) is 9.86 Å². The standard InChI is InChI=1S/C41H30N2/c1-3-16-35-32(4-2)33-23-14-15-24-34(33)38-39(35)43(31-21-12-7-13-22-31)40-36-27-29(28-17-8-5-9-18-28)25-26-37(36)42(41(38)40)30-19-10-6-11-20-30/h3-27H,2H2,1H3/b16-3-. The van der Waals surface area contributed by atoms with E-state index in [9.17, 15) is 0 Å². The fourth-order valence-corrected chi connectivity index (χ4v) is 6.83. The van der Waals surface area contributed by atoms with Crippen molar-refractivity contribution in [2.75, 3.05) is 0 Å². The Balaban J connectivity index is 1.71. The van der Waals surface area contributed by atoms with Crippen LogP contribution in [-0.2, 0) is 0 Å². The van der Waals surface area contributed by atoms with E-state index in [2.05, 4.69) is 168 Å². The Morgan fingerprint density at radius 2 is 1.12 bits per heavy atom. The number of aromatic nitrogens is 2. The van der Waals surface area contributed by atoms with E-state index in [4.69, 9.17) is 0 Å². The van der Waals surface area contributed by atoms with E-state index in [0.717, 1.165) is 16.9 Å². The first-order valence-electron chi connectivity index (χ1n) is 14.8. The Kier molecular flexibility index (Phi) is 5.87. The first-order valence-corrected chi connectivity index (χ1v) is 14.8. The zero-order valence-corrected chi connectivity index (χ0v) is 24.0. The lowest BCUT2D eigenvalue weighted by Crippen LogP contribution is -1.98. The smallest absolute Gasteiger partial charge is 0.0810 e. The molecule has 0 aliphatic heterocycles. The van der Waals surface area contributed by atoms with Gasteiger partial charge in [0.25, 0.3) is 0 Å². The summed E-state index contributed by atoms with van der Waals surface area (Å²) in [6.07, 6.45) is 6.40. The van der Waals surface area contributed by atoms with Gasteiger partial charge in [0.2, 0.25) is 0 Å². The van der Waals surface area contributed by atoms with Crippen LogP contribution >= 0.6 is 0 Å². The maximum atomic E-state index is 4.29. The Hall–Kier alpha value is -5.60. The summed E-state index contributed by atoms with van der Waals surface area (Å²) >= 11 is 0. The highest BCUT2D eigenvalue weighted by Gasteiger charge is 2.26. The fraction of sp³-hybridized carbons (Fsp3) is 0.0244. The van der Waals surface area contributed by atoms with Gasteiger partial charge in [0, 0.05) is 27.7 Å². The van der Waals surface area contributed by atoms with E-state index >= 15 is 0 Å². The number of para-hydroxylation sites is 2. The Morgan fingerprint density at radius 1 is 0.512 bits per heavy atom. The van der Waals surface area contributed by atoms with Gasteiger partial charge in [0.15, 0.2) is 0 Å². The molecule has 2 heteroatoms. The van der Waals surface area contributed by atoms with Crippen LogP contribution in [0.2, 0.25) is 0 Å². The molecule has 0 aliphatic rings. The lowest BCUT2D eigenvalue weighted by Gasteiger charge is -2.16. The van der Waals surface area contributed by atoms with E-state index < -0.39 is 0 Å². The van der Waals surface area contributed by atoms with Crippen LogP contribution in [0.25, 0.3) is 78.3 Å². The number of rotatable bonds is 5. The van der Waals surface area contributed by atoms with Gasteiger partial charge in [-0.25, -0.2) is 0 Å². The molecule has 6 aromatic carbocycles. The van der Waals surface area contributed by atoms with Gasteiger partial charge in [-0.3, -0.25) is 0 Å². The number of hydrogen-bond acceptors (Lipinski definition) is 0. The normalized spacial score (nSPS) is 11.8. The van der Waals surface area contributed by atoms with Crippen LogP contribution in [0.3, 0.4) is 0 Å². The predicted molar refractivity (Wildman–Crippen MR) is 185 cm³/mol. The summed E-state index contributed by atoms with van der Waals surface area (Å²) in [5.41, 5.74) is 11.8. The number of hydrogen-bond donors (Lipinski definition) is 0. The molecule has 2 nitrogen and oxygen atoms in total. The fourth-order valence-electron chi connectivity index (χ4n) is 6.83. The van der Waals surface area contributed by atoms with Crippen molar-refractivity contribution in [3.63, 3.8) is 0 Å². The van der Waals surface area contributed by atoms with Crippen LogP contribution in [0.15, 0.2) is 146 Å². The average molecular weight is 551 g/mol. The van der Waals surface area contributed by atoms with E-state index in [1.165, 1.54) is 60.3 Å². The Labute approximate surface area is 251 Å². The molecule has 0 unspecified atom stereocenters. The highest BCUT2D eigenvalue weighted by molar-refractivity contribution is 6.29. The molecule has 8 rings (SSSR count). The average Bonchev–Trinajstić information content (AvgIpc) is 3.59. The third-order valence-corrected chi connectivity index (χ3v) is 8.57. The third-order valence-electron chi connectivity index (χ3n) is 8.57. The van der Waals surface area contributed by atoms with E-state index in [0.29, 0.717) is 0 Å². The summed E-state index contributed by atoms with van der Waals surface area (Å²) in [6.45, 7) is 6.38. The van der Waals surface area contributed by atoms with Gasteiger partial charge >= 0.3 is 0 Å². The van der Waals surface area contributed by atoms with Gasteiger partial charge in [-0.2, -0.15) is 0 Å². The van der Waals surface area contributed by atoms with Gasteiger partial charge in [0.1, 0.15) is 0 Å². The van der Waals surface area contributed by atoms with Crippen molar-refractivity contribution in [2.45, 2.75) is 6.92 Å². The minimum Gasteiger partial charge on any atom is -0.307 e. The van der Waals surface area contributed by atoms with Crippen LogP contribution < -0.4 is 0 Å². The third kappa shape index (κ3) is 3.73. The molecule has 204 valence electrons. The zero-order valence-electron chi connectivity index (χ0n) is 24.0.